The van der Waals surface area contributed by atoms with Crippen LogP contribution in [0.15, 0.2) is 42.5 Å². The minimum absolute atomic E-state index is 0.943. The average molecular weight is 279 g/mol. The van der Waals surface area contributed by atoms with Crippen LogP contribution >= 0.6 is 0 Å². The third kappa shape index (κ3) is 2.98. The van der Waals surface area contributed by atoms with Crippen LogP contribution in [0.1, 0.15) is 11.1 Å². The van der Waals surface area contributed by atoms with Crippen molar-refractivity contribution in [1.29, 1.82) is 0 Å². The number of likely N-dealkylation sites (N-methyl/N-ethyl adjacent to an activating group) is 1. The van der Waals surface area contributed by atoms with Crippen LogP contribution in [0, 0.1) is 6.92 Å². The van der Waals surface area contributed by atoms with Crippen molar-refractivity contribution in [3.8, 4) is 11.4 Å². The maximum Gasteiger partial charge on any atom is 0.138 e. The highest BCUT2D eigenvalue weighted by Crippen LogP contribution is 2.22. The molecule has 0 radical (unpaired) electrons. The van der Waals surface area contributed by atoms with Crippen LogP contribution in [0.25, 0.3) is 22.4 Å². The summed E-state index contributed by atoms with van der Waals surface area (Å²) in [6, 6.07) is 14.9. The molecule has 0 saturated carbocycles. The highest BCUT2D eigenvalue weighted by atomic mass is 15.0. The van der Waals surface area contributed by atoms with E-state index in [2.05, 4.69) is 73.4 Å². The van der Waals surface area contributed by atoms with Crippen molar-refractivity contribution in [3.05, 3.63) is 53.6 Å². The molecule has 1 aromatic heterocycles. The van der Waals surface area contributed by atoms with Gasteiger partial charge in [-0.25, -0.2) is 4.98 Å². The number of rotatable bonds is 4. The van der Waals surface area contributed by atoms with Crippen molar-refractivity contribution >= 4 is 11.0 Å². The van der Waals surface area contributed by atoms with E-state index in [1.54, 1.807) is 0 Å². The Morgan fingerprint density at radius 1 is 1.05 bits per heavy atom. The molecule has 108 valence electrons. The molecule has 1 heterocycles. The fraction of sp³-hybridized carbons (Fsp3) is 0.278. The molecule has 0 unspecified atom stereocenters. The van der Waals surface area contributed by atoms with Crippen LogP contribution in [0.2, 0.25) is 0 Å². The van der Waals surface area contributed by atoms with Gasteiger partial charge in [-0.1, -0.05) is 36.4 Å². The summed E-state index contributed by atoms with van der Waals surface area (Å²) in [6.45, 7) is 3.17. The Morgan fingerprint density at radius 2 is 1.81 bits per heavy atom. The fourth-order valence-corrected chi connectivity index (χ4v) is 2.49. The lowest BCUT2D eigenvalue weighted by atomic mass is 10.1. The largest absolute Gasteiger partial charge is 0.338 e. The van der Waals surface area contributed by atoms with Crippen molar-refractivity contribution in [3.63, 3.8) is 0 Å². The van der Waals surface area contributed by atoms with E-state index in [1.807, 2.05) is 0 Å². The molecule has 0 bridgehead atoms. The Kier molecular flexibility index (Phi) is 3.76. The highest BCUT2D eigenvalue weighted by Gasteiger charge is 2.06. The zero-order chi connectivity index (χ0) is 14.8. The highest BCUT2D eigenvalue weighted by molar-refractivity contribution is 5.82. The van der Waals surface area contributed by atoms with Gasteiger partial charge >= 0.3 is 0 Å². The van der Waals surface area contributed by atoms with Crippen LogP contribution in [-0.2, 0) is 6.42 Å². The van der Waals surface area contributed by atoms with Gasteiger partial charge in [-0.15, -0.1) is 0 Å². The van der Waals surface area contributed by atoms with E-state index in [4.69, 9.17) is 4.98 Å². The van der Waals surface area contributed by atoms with Gasteiger partial charge < -0.3 is 9.88 Å². The van der Waals surface area contributed by atoms with Gasteiger partial charge in [-0.2, -0.15) is 0 Å². The minimum Gasteiger partial charge on any atom is -0.338 e. The first-order valence-corrected chi connectivity index (χ1v) is 7.33. The van der Waals surface area contributed by atoms with E-state index in [1.165, 1.54) is 11.1 Å². The third-order valence-electron chi connectivity index (χ3n) is 3.79. The summed E-state index contributed by atoms with van der Waals surface area (Å²) in [6.07, 6.45) is 1.08. The number of hydrogen-bond donors (Lipinski definition) is 1. The Bertz CT molecular complexity index is 739. The maximum atomic E-state index is 4.72. The molecule has 0 amide bonds. The molecule has 0 atom stereocenters. The van der Waals surface area contributed by atoms with E-state index >= 15 is 0 Å². The fourth-order valence-electron chi connectivity index (χ4n) is 2.49. The van der Waals surface area contributed by atoms with Gasteiger partial charge in [-0.05, 0) is 44.6 Å². The number of aromatic amines is 1. The summed E-state index contributed by atoms with van der Waals surface area (Å²) in [4.78, 5) is 10.3. The molecule has 0 fully saturated rings. The quantitative estimate of drug-likeness (QED) is 0.790. The standard InChI is InChI=1S/C18H21N3/c1-13-5-4-6-16-17(13)20-18(19-16)15-9-7-14(8-10-15)11-12-21(2)3/h4-10H,11-12H2,1-3H3,(H,19,20). The summed E-state index contributed by atoms with van der Waals surface area (Å²) < 4.78 is 0. The van der Waals surface area contributed by atoms with Gasteiger partial charge in [0.15, 0.2) is 0 Å². The van der Waals surface area contributed by atoms with Crippen LogP contribution in [0.5, 0.6) is 0 Å². The van der Waals surface area contributed by atoms with E-state index < -0.39 is 0 Å². The number of fused-ring (bicyclic) bond motifs is 1. The molecule has 0 aliphatic carbocycles. The Balaban J connectivity index is 1.87. The number of aryl methyl sites for hydroxylation is 1. The van der Waals surface area contributed by atoms with E-state index in [0.717, 1.165) is 35.4 Å². The topological polar surface area (TPSA) is 31.9 Å². The first kappa shape index (κ1) is 13.8. The second kappa shape index (κ2) is 5.70. The first-order valence-electron chi connectivity index (χ1n) is 7.33. The molecule has 3 nitrogen and oxygen atoms in total. The van der Waals surface area contributed by atoms with E-state index in [-0.39, 0.29) is 0 Å². The van der Waals surface area contributed by atoms with E-state index in [0.29, 0.717) is 0 Å². The molecule has 0 aliphatic heterocycles. The van der Waals surface area contributed by atoms with Gasteiger partial charge in [0.1, 0.15) is 5.82 Å². The number of benzene rings is 2. The minimum atomic E-state index is 0.943. The summed E-state index contributed by atoms with van der Waals surface area (Å²) in [5, 5.41) is 0. The SMILES string of the molecule is Cc1cccc2[nH]c(-c3ccc(CCN(C)C)cc3)nc12. The number of para-hydroxylation sites is 1. The predicted molar refractivity (Wildman–Crippen MR) is 88.5 cm³/mol. The molecule has 2 aromatic carbocycles. The second-order valence-corrected chi connectivity index (χ2v) is 5.81. The van der Waals surface area contributed by atoms with Crippen molar-refractivity contribution in [1.82, 2.24) is 14.9 Å². The zero-order valence-corrected chi connectivity index (χ0v) is 12.9. The van der Waals surface area contributed by atoms with Crippen LogP contribution in [0.4, 0.5) is 0 Å². The molecule has 0 spiro atoms. The number of hydrogen-bond acceptors (Lipinski definition) is 2. The Labute approximate surface area is 125 Å². The Hall–Kier alpha value is -2.13. The van der Waals surface area contributed by atoms with Crippen molar-refractivity contribution in [2.24, 2.45) is 0 Å². The van der Waals surface area contributed by atoms with Gasteiger partial charge in [0.25, 0.3) is 0 Å². The smallest absolute Gasteiger partial charge is 0.138 e. The van der Waals surface area contributed by atoms with E-state index in [9.17, 15) is 0 Å². The molecule has 1 N–H and O–H groups in total. The molecule has 3 aromatic rings. The number of imidazole rings is 1. The lowest BCUT2D eigenvalue weighted by Gasteiger charge is -2.09. The monoisotopic (exact) mass is 279 g/mol. The van der Waals surface area contributed by atoms with Crippen LogP contribution in [0.3, 0.4) is 0 Å². The summed E-state index contributed by atoms with van der Waals surface area (Å²) in [7, 11) is 4.20. The molecule has 0 aliphatic rings. The molecule has 3 rings (SSSR count). The molecular formula is C18H21N3. The summed E-state index contributed by atoms with van der Waals surface area (Å²) >= 11 is 0. The van der Waals surface area contributed by atoms with Gasteiger partial charge in [0, 0.05) is 12.1 Å². The molecule has 21 heavy (non-hydrogen) atoms. The molecule has 0 saturated heterocycles. The molecule has 3 heteroatoms. The number of aromatic nitrogens is 2. The zero-order valence-electron chi connectivity index (χ0n) is 12.9. The van der Waals surface area contributed by atoms with Crippen molar-refractivity contribution < 1.29 is 0 Å². The normalized spacial score (nSPS) is 11.4. The summed E-state index contributed by atoms with van der Waals surface area (Å²) in [5.74, 6) is 0.943. The number of H-pyrrole nitrogens is 1. The summed E-state index contributed by atoms with van der Waals surface area (Å²) in [5.41, 5.74) is 5.86. The first-order chi connectivity index (χ1) is 10.1. The third-order valence-corrected chi connectivity index (χ3v) is 3.79. The lowest BCUT2D eigenvalue weighted by Crippen LogP contribution is -2.14. The Morgan fingerprint density at radius 3 is 2.48 bits per heavy atom. The molecular weight excluding hydrogens is 258 g/mol. The second-order valence-electron chi connectivity index (χ2n) is 5.81. The van der Waals surface area contributed by atoms with Crippen molar-refractivity contribution in [2.45, 2.75) is 13.3 Å². The van der Waals surface area contributed by atoms with Gasteiger partial charge in [-0.3, -0.25) is 0 Å². The van der Waals surface area contributed by atoms with Crippen LogP contribution < -0.4 is 0 Å². The maximum absolute atomic E-state index is 4.72. The van der Waals surface area contributed by atoms with Crippen molar-refractivity contribution in [2.75, 3.05) is 20.6 Å². The number of nitrogens with zero attached hydrogens (tertiary/aromatic N) is 2. The van der Waals surface area contributed by atoms with Gasteiger partial charge in [0.05, 0.1) is 11.0 Å². The number of nitrogens with one attached hydrogen (secondary N) is 1. The van der Waals surface area contributed by atoms with Crippen LogP contribution in [-0.4, -0.2) is 35.5 Å². The van der Waals surface area contributed by atoms with Gasteiger partial charge in [0.2, 0.25) is 0 Å². The predicted octanol–water partition coefficient (Wildman–Crippen LogP) is 3.64. The average Bonchev–Trinajstić information content (AvgIpc) is 2.91. The lowest BCUT2D eigenvalue weighted by molar-refractivity contribution is 0.413.